The Morgan fingerprint density at radius 1 is 1.08 bits per heavy atom. The van der Waals surface area contributed by atoms with Crippen molar-refractivity contribution in [2.75, 3.05) is 26.4 Å². The van der Waals surface area contributed by atoms with Gasteiger partial charge in [0.25, 0.3) is 0 Å². The average Bonchev–Trinajstić information content (AvgIpc) is 2.85. The van der Waals surface area contributed by atoms with E-state index < -0.39 is 26.5 Å². The summed E-state index contributed by atoms with van der Waals surface area (Å²) in [6, 6.07) is 13.8. The Morgan fingerprint density at radius 3 is 2.44 bits per heavy atom. The third-order valence-electron chi connectivity index (χ3n) is 7.88. The summed E-state index contributed by atoms with van der Waals surface area (Å²) in [6.07, 6.45) is 2.16. The molecule has 0 spiro atoms. The van der Waals surface area contributed by atoms with Gasteiger partial charge in [-0.3, -0.25) is 4.79 Å². The second kappa shape index (κ2) is 10.2. The summed E-state index contributed by atoms with van der Waals surface area (Å²) in [4.78, 5) is 13.3. The van der Waals surface area contributed by atoms with Crippen LogP contribution in [0.4, 0.5) is 4.39 Å². The van der Waals surface area contributed by atoms with E-state index in [4.69, 9.17) is 9.47 Å². The van der Waals surface area contributed by atoms with Crippen LogP contribution in [0.25, 0.3) is 0 Å². The van der Waals surface area contributed by atoms with E-state index in [2.05, 4.69) is 5.32 Å². The fourth-order valence-corrected chi connectivity index (χ4v) is 7.69. The Kier molecular flexibility index (Phi) is 7.18. The summed E-state index contributed by atoms with van der Waals surface area (Å²) in [5, 5.41) is 2.40. The Balaban J connectivity index is 1.40. The fraction of sp³-hybridized carbons (Fsp3) is 0.519. The fourth-order valence-electron chi connectivity index (χ4n) is 5.50. The van der Waals surface area contributed by atoms with Gasteiger partial charge in [0.1, 0.15) is 11.1 Å². The Morgan fingerprint density at radius 2 is 1.81 bits per heavy atom. The van der Waals surface area contributed by atoms with Crippen LogP contribution in [0.3, 0.4) is 0 Å². The molecular formula is C27H33FN2O5S. The molecule has 1 N–H and O–H groups in total. The summed E-state index contributed by atoms with van der Waals surface area (Å²) in [7, 11) is -3.67. The first-order valence-corrected chi connectivity index (χ1v) is 14.1. The zero-order valence-corrected chi connectivity index (χ0v) is 21.3. The molecule has 3 heterocycles. The first-order chi connectivity index (χ1) is 17.3. The van der Waals surface area contributed by atoms with Crippen LogP contribution in [0.5, 0.6) is 0 Å². The number of sulfonamides is 1. The number of nitrogens with one attached hydrogen (secondary N) is 1. The minimum atomic E-state index is -3.67. The Bertz CT molecular complexity index is 1200. The second-order valence-electron chi connectivity index (χ2n) is 10.1. The number of benzene rings is 2. The van der Waals surface area contributed by atoms with Crippen molar-refractivity contribution in [1.29, 1.82) is 0 Å². The molecular weight excluding hydrogens is 483 g/mol. The van der Waals surface area contributed by atoms with Crippen molar-refractivity contribution in [1.82, 2.24) is 9.62 Å². The van der Waals surface area contributed by atoms with Gasteiger partial charge >= 0.3 is 0 Å². The molecule has 3 fully saturated rings. The molecule has 3 saturated heterocycles. The van der Waals surface area contributed by atoms with Crippen LogP contribution in [-0.4, -0.2) is 57.1 Å². The summed E-state index contributed by atoms with van der Waals surface area (Å²) in [6.45, 7) is 3.64. The molecule has 194 valence electrons. The van der Waals surface area contributed by atoms with Crippen LogP contribution >= 0.6 is 0 Å². The lowest BCUT2D eigenvalue weighted by Crippen LogP contribution is -2.56. The molecule has 2 aromatic rings. The predicted octanol–water partition coefficient (Wildman–Crippen LogP) is 3.44. The van der Waals surface area contributed by atoms with E-state index in [1.165, 1.54) is 10.4 Å². The van der Waals surface area contributed by atoms with Gasteiger partial charge in [0.05, 0.1) is 24.7 Å². The minimum Gasteiger partial charge on any atom is -0.381 e. The lowest BCUT2D eigenvalue weighted by atomic mass is 9.73. The van der Waals surface area contributed by atoms with Crippen molar-refractivity contribution in [3.63, 3.8) is 0 Å². The van der Waals surface area contributed by atoms with E-state index in [0.29, 0.717) is 63.2 Å². The number of halogens is 1. The molecule has 0 aromatic heterocycles. The van der Waals surface area contributed by atoms with Crippen LogP contribution in [0.1, 0.15) is 54.5 Å². The van der Waals surface area contributed by atoms with Crippen LogP contribution in [0, 0.1) is 5.82 Å². The van der Waals surface area contributed by atoms with Crippen molar-refractivity contribution >= 4 is 15.9 Å². The number of amides is 1. The molecule has 3 aliphatic rings. The standard InChI is InChI=1S/C27H33FN2O5S/c1-19-7-10-25(20-5-3-2-4-6-20)36(32,33)30(19)16-21-8-9-22(15-24(21)28)27(11-13-34-14-12-27)26(31)29-23-17-35-18-23/h2-6,8-9,15,19,23,25H,7,10-14,16-18H2,1H3,(H,29,31)/t19-,25+/m0/s1. The quantitative estimate of drug-likeness (QED) is 0.636. The van der Waals surface area contributed by atoms with Crippen LogP contribution in [0.2, 0.25) is 0 Å². The topological polar surface area (TPSA) is 84.9 Å². The highest BCUT2D eigenvalue weighted by Gasteiger charge is 2.44. The Labute approximate surface area is 212 Å². The molecule has 36 heavy (non-hydrogen) atoms. The number of nitrogens with zero attached hydrogens (tertiary/aromatic N) is 1. The molecule has 0 saturated carbocycles. The number of ether oxygens (including phenoxy) is 2. The van der Waals surface area contributed by atoms with E-state index in [0.717, 1.165) is 5.56 Å². The van der Waals surface area contributed by atoms with Gasteiger partial charge in [-0.15, -0.1) is 0 Å². The van der Waals surface area contributed by atoms with Gasteiger partial charge in [0.2, 0.25) is 15.9 Å². The van der Waals surface area contributed by atoms with Gasteiger partial charge in [-0.1, -0.05) is 42.5 Å². The SMILES string of the molecule is C[C@H]1CC[C@H](c2ccccc2)S(=O)(=O)N1Cc1ccc(C2(C(=O)NC3COC3)CCOCC2)cc1F. The lowest BCUT2D eigenvalue weighted by Gasteiger charge is -2.39. The van der Waals surface area contributed by atoms with E-state index in [9.17, 15) is 13.2 Å². The van der Waals surface area contributed by atoms with E-state index in [-0.39, 0.29) is 24.5 Å². The lowest BCUT2D eigenvalue weighted by molar-refractivity contribution is -0.134. The number of carbonyl (C=O) groups is 1. The smallest absolute Gasteiger partial charge is 0.231 e. The van der Waals surface area contributed by atoms with E-state index in [1.54, 1.807) is 12.1 Å². The summed E-state index contributed by atoms with van der Waals surface area (Å²) in [5.74, 6) is -0.633. The van der Waals surface area contributed by atoms with Crippen molar-refractivity contribution < 1.29 is 27.1 Å². The molecule has 0 bridgehead atoms. The van der Waals surface area contributed by atoms with Crippen LogP contribution in [-0.2, 0) is 36.3 Å². The van der Waals surface area contributed by atoms with Gasteiger partial charge in [0, 0.05) is 31.4 Å². The number of hydrogen-bond donors (Lipinski definition) is 1. The molecule has 2 aromatic carbocycles. The zero-order chi connectivity index (χ0) is 25.3. The van der Waals surface area contributed by atoms with Crippen molar-refractivity contribution in [3.05, 3.63) is 71.0 Å². The minimum absolute atomic E-state index is 0.0234. The highest BCUT2D eigenvalue weighted by molar-refractivity contribution is 7.89. The molecule has 0 aliphatic carbocycles. The van der Waals surface area contributed by atoms with Crippen LogP contribution in [0.15, 0.2) is 48.5 Å². The van der Waals surface area contributed by atoms with Crippen molar-refractivity contribution in [3.8, 4) is 0 Å². The molecule has 7 nitrogen and oxygen atoms in total. The summed E-state index contributed by atoms with van der Waals surface area (Å²) < 4.78 is 54.8. The van der Waals surface area contributed by atoms with Gasteiger partial charge in [0.15, 0.2) is 0 Å². The summed E-state index contributed by atoms with van der Waals surface area (Å²) >= 11 is 0. The van der Waals surface area contributed by atoms with Crippen molar-refractivity contribution in [2.45, 2.75) is 61.9 Å². The highest BCUT2D eigenvalue weighted by Crippen LogP contribution is 2.39. The molecule has 5 rings (SSSR count). The van der Waals surface area contributed by atoms with Crippen LogP contribution < -0.4 is 5.32 Å². The molecule has 2 atom stereocenters. The maximum atomic E-state index is 15.5. The maximum absolute atomic E-state index is 15.5. The number of carbonyl (C=O) groups excluding carboxylic acids is 1. The summed E-state index contributed by atoms with van der Waals surface area (Å²) in [5.41, 5.74) is 0.782. The Hall–Kier alpha value is -2.33. The predicted molar refractivity (Wildman–Crippen MR) is 133 cm³/mol. The zero-order valence-electron chi connectivity index (χ0n) is 20.5. The number of hydrogen-bond acceptors (Lipinski definition) is 5. The third-order valence-corrected chi connectivity index (χ3v) is 10.3. The largest absolute Gasteiger partial charge is 0.381 e. The maximum Gasteiger partial charge on any atom is 0.231 e. The van der Waals surface area contributed by atoms with Gasteiger partial charge in [-0.25, -0.2) is 12.8 Å². The monoisotopic (exact) mass is 516 g/mol. The van der Waals surface area contributed by atoms with Gasteiger partial charge in [-0.2, -0.15) is 4.31 Å². The highest BCUT2D eigenvalue weighted by atomic mass is 32.2. The molecule has 0 unspecified atom stereocenters. The van der Waals surface area contributed by atoms with Gasteiger partial charge < -0.3 is 14.8 Å². The third kappa shape index (κ3) is 4.69. The average molecular weight is 517 g/mol. The first-order valence-electron chi connectivity index (χ1n) is 12.6. The van der Waals surface area contributed by atoms with Gasteiger partial charge in [-0.05, 0) is 49.8 Å². The molecule has 1 amide bonds. The molecule has 0 radical (unpaired) electrons. The normalized spacial score (nSPS) is 26.2. The first kappa shape index (κ1) is 25.3. The number of rotatable bonds is 6. The molecule has 3 aliphatic heterocycles. The van der Waals surface area contributed by atoms with Crippen molar-refractivity contribution in [2.24, 2.45) is 0 Å². The second-order valence-corrected chi connectivity index (χ2v) is 12.2. The van der Waals surface area contributed by atoms with E-state index >= 15 is 4.39 Å². The molecule has 9 heteroatoms. The van der Waals surface area contributed by atoms with E-state index in [1.807, 2.05) is 37.3 Å².